The molecular weight excluding hydrogens is 290 g/mol. The van der Waals surface area contributed by atoms with Gasteiger partial charge in [0, 0.05) is 23.7 Å². The number of fused-ring (bicyclic) bond motifs is 1. The normalized spacial score (nSPS) is 21.1. The molecule has 118 valence electrons. The van der Waals surface area contributed by atoms with Crippen LogP contribution in [0.3, 0.4) is 0 Å². The molecule has 0 radical (unpaired) electrons. The lowest BCUT2D eigenvalue weighted by Gasteiger charge is -2.18. The number of nitrogens with one attached hydrogen (secondary N) is 1. The van der Waals surface area contributed by atoms with E-state index in [0.29, 0.717) is 29.2 Å². The second-order valence-electron chi connectivity index (χ2n) is 6.37. The number of hydrogen-bond donors (Lipinski definition) is 1. The zero-order chi connectivity index (χ0) is 16.0. The minimum absolute atomic E-state index is 0.222. The van der Waals surface area contributed by atoms with Gasteiger partial charge in [-0.2, -0.15) is 4.98 Å². The van der Waals surface area contributed by atoms with Gasteiger partial charge in [-0.15, -0.1) is 0 Å². The monoisotopic (exact) mass is 309 g/mol. The molecule has 3 heterocycles. The van der Waals surface area contributed by atoms with Gasteiger partial charge in [0.1, 0.15) is 5.56 Å². The number of aromatic amines is 1. The van der Waals surface area contributed by atoms with E-state index < -0.39 is 0 Å². The van der Waals surface area contributed by atoms with Crippen molar-refractivity contribution in [1.29, 1.82) is 0 Å². The fourth-order valence-corrected chi connectivity index (χ4v) is 3.60. The maximum Gasteiger partial charge on any atom is 0.284 e. The van der Waals surface area contributed by atoms with Crippen LogP contribution in [0.25, 0.3) is 22.8 Å². The van der Waals surface area contributed by atoms with Crippen LogP contribution in [0, 0.1) is 12.8 Å². The summed E-state index contributed by atoms with van der Waals surface area (Å²) in [6.45, 7) is 4.17. The van der Waals surface area contributed by atoms with Gasteiger partial charge in [0.2, 0.25) is 0 Å². The first-order chi connectivity index (χ1) is 11.1. The van der Waals surface area contributed by atoms with E-state index in [0.717, 1.165) is 17.7 Å². The fourth-order valence-electron chi connectivity index (χ4n) is 3.60. The van der Waals surface area contributed by atoms with E-state index in [9.17, 15) is 4.79 Å². The standard InChI is InChI=1S/C17H19N5O/c1-10-4-3-5-13(10)22-16-14(11(2)21-22)17(23)20-15(19-16)12-6-8-18-9-7-12/h6-10,13,21H,3-5H2,1-2H3. The molecule has 1 N–H and O–H groups in total. The van der Waals surface area contributed by atoms with E-state index in [2.05, 4.69) is 26.7 Å². The summed E-state index contributed by atoms with van der Waals surface area (Å²) in [5.41, 5.74) is 2.02. The van der Waals surface area contributed by atoms with Gasteiger partial charge in [0.05, 0.1) is 6.04 Å². The molecule has 0 spiro atoms. The Morgan fingerprint density at radius 2 is 2.00 bits per heavy atom. The zero-order valence-electron chi connectivity index (χ0n) is 13.3. The summed E-state index contributed by atoms with van der Waals surface area (Å²) >= 11 is 0. The zero-order valence-corrected chi connectivity index (χ0v) is 13.3. The highest BCUT2D eigenvalue weighted by atomic mass is 16.1. The molecule has 2 aliphatic heterocycles. The lowest BCUT2D eigenvalue weighted by Crippen LogP contribution is -2.19. The van der Waals surface area contributed by atoms with Crippen LogP contribution >= 0.6 is 0 Å². The third kappa shape index (κ3) is 2.25. The van der Waals surface area contributed by atoms with Crippen molar-refractivity contribution >= 4 is 0 Å². The second-order valence-corrected chi connectivity index (χ2v) is 6.37. The van der Waals surface area contributed by atoms with Crippen molar-refractivity contribution in [1.82, 2.24) is 24.7 Å². The van der Waals surface area contributed by atoms with Crippen LogP contribution < -0.4 is 5.56 Å². The highest BCUT2D eigenvalue weighted by Crippen LogP contribution is 2.38. The maximum absolute atomic E-state index is 12.5. The molecule has 0 aromatic carbocycles. The average molecular weight is 309 g/mol. The Hall–Kier alpha value is -2.50. The van der Waals surface area contributed by atoms with Gasteiger partial charge in [-0.05, 0) is 37.8 Å². The summed E-state index contributed by atoms with van der Waals surface area (Å²) in [7, 11) is 0. The number of aromatic nitrogens is 5. The third-order valence-electron chi connectivity index (χ3n) is 4.83. The number of H-pyrrole nitrogens is 1. The molecule has 0 amide bonds. The molecule has 2 unspecified atom stereocenters. The van der Waals surface area contributed by atoms with E-state index in [4.69, 9.17) is 4.98 Å². The quantitative estimate of drug-likeness (QED) is 0.789. The van der Waals surface area contributed by atoms with Gasteiger partial charge in [0.25, 0.3) is 5.56 Å². The van der Waals surface area contributed by atoms with Crippen molar-refractivity contribution in [3.8, 4) is 22.8 Å². The molecule has 1 fully saturated rings. The van der Waals surface area contributed by atoms with Crippen molar-refractivity contribution < 1.29 is 0 Å². The smallest absolute Gasteiger partial charge is 0.284 e. The fraction of sp³-hybridized carbons (Fsp3) is 0.412. The van der Waals surface area contributed by atoms with Crippen molar-refractivity contribution in [3.63, 3.8) is 0 Å². The summed E-state index contributed by atoms with van der Waals surface area (Å²) in [6.07, 6.45) is 6.91. The van der Waals surface area contributed by atoms with Crippen LogP contribution in [0.1, 0.15) is 37.9 Å². The third-order valence-corrected chi connectivity index (χ3v) is 4.83. The number of rotatable bonds is 2. The van der Waals surface area contributed by atoms with Crippen LogP contribution in [0.15, 0.2) is 29.3 Å². The average Bonchev–Trinajstić information content (AvgIpc) is 3.11. The molecule has 1 aromatic rings. The predicted octanol–water partition coefficient (Wildman–Crippen LogP) is 2.80. The Bertz CT molecular complexity index is 867. The summed E-state index contributed by atoms with van der Waals surface area (Å²) in [4.78, 5) is 25.4. The highest BCUT2D eigenvalue weighted by molar-refractivity contribution is 5.64. The molecule has 2 atom stereocenters. The van der Waals surface area contributed by atoms with Crippen LogP contribution in [-0.4, -0.2) is 24.7 Å². The first-order valence-electron chi connectivity index (χ1n) is 8.04. The summed E-state index contributed by atoms with van der Waals surface area (Å²) < 4.78 is 2.08. The van der Waals surface area contributed by atoms with Gasteiger partial charge >= 0.3 is 0 Å². The van der Waals surface area contributed by atoms with Crippen molar-refractivity contribution in [2.45, 2.75) is 39.2 Å². The SMILES string of the molecule is Cc1[nH]n(C2CCCC2C)c2nc(-c3ccncc3)nc(=O)c1-2. The molecule has 0 saturated heterocycles. The Morgan fingerprint density at radius 3 is 2.70 bits per heavy atom. The number of hydrogen-bond acceptors (Lipinski definition) is 4. The van der Waals surface area contributed by atoms with Crippen LogP contribution in [-0.2, 0) is 0 Å². The van der Waals surface area contributed by atoms with Crippen LogP contribution in [0.4, 0.5) is 0 Å². The molecule has 1 saturated carbocycles. The van der Waals surface area contributed by atoms with E-state index in [1.54, 1.807) is 12.4 Å². The predicted molar refractivity (Wildman–Crippen MR) is 87.3 cm³/mol. The van der Waals surface area contributed by atoms with Gasteiger partial charge in [-0.25, -0.2) is 4.98 Å². The largest absolute Gasteiger partial charge is 0.300 e. The van der Waals surface area contributed by atoms with Crippen molar-refractivity contribution in [3.05, 3.63) is 40.6 Å². The van der Waals surface area contributed by atoms with Crippen molar-refractivity contribution in [2.75, 3.05) is 0 Å². The van der Waals surface area contributed by atoms with Gasteiger partial charge in [-0.1, -0.05) is 13.3 Å². The lowest BCUT2D eigenvalue weighted by atomic mass is 10.1. The molecule has 6 nitrogen and oxygen atoms in total. The van der Waals surface area contributed by atoms with E-state index in [1.165, 1.54) is 12.8 Å². The number of aryl methyl sites for hydroxylation is 1. The molecule has 3 aliphatic rings. The van der Waals surface area contributed by atoms with E-state index >= 15 is 0 Å². The number of nitrogens with zero attached hydrogens (tertiary/aromatic N) is 4. The highest BCUT2D eigenvalue weighted by Gasteiger charge is 2.30. The summed E-state index contributed by atoms with van der Waals surface area (Å²) in [6, 6.07) is 4.01. The molecular formula is C17H19N5O. The molecule has 1 aromatic heterocycles. The van der Waals surface area contributed by atoms with Crippen LogP contribution in [0.5, 0.6) is 0 Å². The van der Waals surface area contributed by atoms with E-state index in [-0.39, 0.29) is 5.56 Å². The Labute approximate surface area is 134 Å². The van der Waals surface area contributed by atoms with Crippen molar-refractivity contribution in [2.24, 2.45) is 5.92 Å². The Morgan fingerprint density at radius 1 is 1.22 bits per heavy atom. The summed E-state index contributed by atoms with van der Waals surface area (Å²) in [5.74, 6) is 1.76. The maximum atomic E-state index is 12.5. The topological polar surface area (TPSA) is 76.5 Å². The summed E-state index contributed by atoms with van der Waals surface area (Å²) in [5, 5.41) is 3.35. The molecule has 23 heavy (non-hydrogen) atoms. The minimum Gasteiger partial charge on any atom is -0.300 e. The van der Waals surface area contributed by atoms with E-state index in [1.807, 2.05) is 19.1 Å². The van der Waals surface area contributed by atoms with Gasteiger partial charge < -0.3 is 5.10 Å². The molecule has 6 heteroatoms. The van der Waals surface area contributed by atoms with Gasteiger partial charge in [-0.3, -0.25) is 14.5 Å². The number of pyridine rings is 1. The van der Waals surface area contributed by atoms with Gasteiger partial charge in [0.15, 0.2) is 11.6 Å². The first-order valence-corrected chi connectivity index (χ1v) is 8.04. The molecule has 1 aliphatic carbocycles. The second kappa shape index (κ2) is 5.30. The Kier molecular flexibility index (Phi) is 3.25. The first kappa shape index (κ1) is 14.1. The minimum atomic E-state index is -0.222. The van der Waals surface area contributed by atoms with Crippen LogP contribution in [0.2, 0.25) is 0 Å². The lowest BCUT2D eigenvalue weighted by molar-refractivity contribution is 0.374. The molecule has 4 rings (SSSR count). The Balaban J connectivity index is 1.92. The molecule has 0 bridgehead atoms.